The highest BCUT2D eigenvalue weighted by atomic mass is 19.1. The first-order valence-corrected chi connectivity index (χ1v) is 6.40. The Morgan fingerprint density at radius 3 is 2.84 bits per heavy atom. The van der Waals surface area contributed by atoms with Gasteiger partial charge in [-0.1, -0.05) is 19.1 Å². The van der Waals surface area contributed by atoms with Crippen LogP contribution in [0.25, 0.3) is 0 Å². The highest BCUT2D eigenvalue weighted by Crippen LogP contribution is 2.23. The number of carbonyl (C=O) groups is 1. The van der Waals surface area contributed by atoms with E-state index in [1.165, 1.54) is 6.07 Å². The van der Waals surface area contributed by atoms with E-state index in [4.69, 9.17) is 9.84 Å². The first-order valence-electron chi connectivity index (χ1n) is 6.40. The third-order valence-electron chi connectivity index (χ3n) is 3.51. The molecule has 1 aromatic rings. The van der Waals surface area contributed by atoms with E-state index in [1.807, 2.05) is 11.8 Å². The first-order chi connectivity index (χ1) is 9.08. The molecule has 0 spiro atoms. The van der Waals surface area contributed by atoms with Crippen LogP contribution in [0, 0.1) is 17.7 Å². The Kier molecular flexibility index (Phi) is 4.37. The minimum absolute atomic E-state index is 0.144. The summed E-state index contributed by atoms with van der Waals surface area (Å²) in [6.45, 7) is 4.20. The number of benzene rings is 1. The van der Waals surface area contributed by atoms with Crippen LogP contribution < -0.4 is 4.74 Å². The zero-order valence-corrected chi connectivity index (χ0v) is 10.9. The van der Waals surface area contributed by atoms with Crippen LogP contribution >= 0.6 is 0 Å². The van der Waals surface area contributed by atoms with Gasteiger partial charge in [0.25, 0.3) is 0 Å². The highest BCUT2D eigenvalue weighted by Gasteiger charge is 2.34. The van der Waals surface area contributed by atoms with Gasteiger partial charge >= 0.3 is 5.97 Å². The Bertz CT molecular complexity index is 452. The summed E-state index contributed by atoms with van der Waals surface area (Å²) in [5.74, 6) is -1.05. The van der Waals surface area contributed by atoms with E-state index in [0.29, 0.717) is 19.7 Å². The van der Waals surface area contributed by atoms with Crippen LogP contribution in [0.2, 0.25) is 0 Å². The number of nitrogens with zero attached hydrogens (tertiary/aromatic N) is 1. The Labute approximate surface area is 111 Å². The lowest BCUT2D eigenvalue weighted by Crippen LogP contribution is -2.27. The first kappa shape index (κ1) is 13.8. The number of carboxylic acids is 1. The SMILES string of the molecule is C[C@@H]1CN(CCOc2ccccc2F)C[C@H]1C(=O)O. The van der Waals surface area contributed by atoms with Gasteiger partial charge in [0.05, 0.1) is 5.92 Å². The number of hydrogen-bond donors (Lipinski definition) is 1. The van der Waals surface area contributed by atoms with Gasteiger partial charge in [-0.2, -0.15) is 0 Å². The van der Waals surface area contributed by atoms with Crippen LogP contribution in [0.1, 0.15) is 6.92 Å². The lowest BCUT2D eigenvalue weighted by molar-refractivity contribution is -0.142. The molecule has 0 saturated carbocycles. The Balaban J connectivity index is 1.78. The van der Waals surface area contributed by atoms with Crippen LogP contribution in [0.4, 0.5) is 4.39 Å². The standard InChI is InChI=1S/C14H18FNO3/c1-10-8-16(9-11(10)14(17)18)6-7-19-13-5-3-2-4-12(13)15/h2-5,10-11H,6-9H2,1H3,(H,17,18)/t10-,11-/m1/s1. The van der Waals surface area contributed by atoms with Crippen LogP contribution in [-0.2, 0) is 4.79 Å². The average molecular weight is 267 g/mol. The molecule has 2 rings (SSSR count). The molecular formula is C14H18FNO3. The highest BCUT2D eigenvalue weighted by molar-refractivity contribution is 5.71. The van der Waals surface area contributed by atoms with Gasteiger partial charge in [-0.3, -0.25) is 9.69 Å². The van der Waals surface area contributed by atoms with Crippen molar-refractivity contribution < 1.29 is 19.0 Å². The van der Waals surface area contributed by atoms with Crippen molar-refractivity contribution >= 4 is 5.97 Å². The fraction of sp³-hybridized carbons (Fsp3) is 0.500. The normalized spacial score (nSPS) is 23.5. The molecule has 0 radical (unpaired) electrons. The van der Waals surface area contributed by atoms with Crippen LogP contribution in [0.3, 0.4) is 0 Å². The van der Waals surface area contributed by atoms with Crippen molar-refractivity contribution in [2.45, 2.75) is 6.92 Å². The smallest absolute Gasteiger partial charge is 0.308 e. The van der Waals surface area contributed by atoms with Gasteiger partial charge in [-0.25, -0.2) is 4.39 Å². The fourth-order valence-electron chi connectivity index (χ4n) is 2.42. The van der Waals surface area contributed by atoms with Crippen LogP contribution in [0.5, 0.6) is 5.75 Å². The maximum atomic E-state index is 13.3. The van der Waals surface area contributed by atoms with Gasteiger partial charge in [-0.15, -0.1) is 0 Å². The quantitative estimate of drug-likeness (QED) is 0.884. The number of halogens is 1. The largest absolute Gasteiger partial charge is 0.489 e. The summed E-state index contributed by atoms with van der Waals surface area (Å²) in [6.07, 6.45) is 0. The lowest BCUT2D eigenvalue weighted by Gasteiger charge is -2.15. The molecule has 0 aliphatic carbocycles. The number of rotatable bonds is 5. The summed E-state index contributed by atoms with van der Waals surface area (Å²) in [6, 6.07) is 6.27. The molecule has 0 amide bonds. The van der Waals surface area contributed by atoms with Gasteiger partial charge in [0.15, 0.2) is 11.6 Å². The zero-order chi connectivity index (χ0) is 13.8. The third kappa shape index (κ3) is 3.44. The topological polar surface area (TPSA) is 49.8 Å². The number of ether oxygens (including phenoxy) is 1. The monoisotopic (exact) mass is 267 g/mol. The van der Waals surface area contributed by atoms with Crippen molar-refractivity contribution in [1.82, 2.24) is 4.90 Å². The summed E-state index contributed by atoms with van der Waals surface area (Å²) in [5.41, 5.74) is 0. The zero-order valence-electron chi connectivity index (χ0n) is 10.9. The summed E-state index contributed by atoms with van der Waals surface area (Å²) in [4.78, 5) is 13.0. The number of para-hydroxylation sites is 1. The van der Waals surface area contributed by atoms with E-state index in [1.54, 1.807) is 18.2 Å². The second kappa shape index (κ2) is 6.02. The molecule has 1 N–H and O–H groups in total. The van der Waals surface area contributed by atoms with Gasteiger partial charge in [-0.05, 0) is 18.1 Å². The molecule has 1 saturated heterocycles. The minimum atomic E-state index is -0.745. The molecule has 2 atom stereocenters. The molecular weight excluding hydrogens is 249 g/mol. The van der Waals surface area contributed by atoms with Crippen LogP contribution in [0.15, 0.2) is 24.3 Å². The van der Waals surface area contributed by atoms with Crippen molar-refractivity contribution in [2.75, 3.05) is 26.2 Å². The summed E-state index contributed by atoms with van der Waals surface area (Å²) in [5, 5.41) is 9.03. The second-order valence-electron chi connectivity index (χ2n) is 4.96. The Morgan fingerprint density at radius 2 is 2.21 bits per heavy atom. The Morgan fingerprint density at radius 1 is 1.47 bits per heavy atom. The minimum Gasteiger partial charge on any atom is -0.489 e. The van der Waals surface area contributed by atoms with Gasteiger partial charge < -0.3 is 9.84 Å². The molecule has 1 aliphatic rings. The fourth-order valence-corrected chi connectivity index (χ4v) is 2.42. The second-order valence-corrected chi connectivity index (χ2v) is 4.96. The molecule has 19 heavy (non-hydrogen) atoms. The molecule has 0 aromatic heterocycles. The van der Waals surface area contributed by atoms with Crippen molar-refractivity contribution in [2.24, 2.45) is 11.8 Å². The van der Waals surface area contributed by atoms with E-state index in [9.17, 15) is 9.18 Å². The maximum absolute atomic E-state index is 13.3. The number of aliphatic carboxylic acids is 1. The van der Waals surface area contributed by atoms with E-state index in [2.05, 4.69) is 0 Å². The van der Waals surface area contributed by atoms with Gasteiger partial charge in [0.2, 0.25) is 0 Å². The molecule has 1 heterocycles. The predicted octanol–water partition coefficient (Wildman–Crippen LogP) is 1.86. The van der Waals surface area contributed by atoms with Crippen molar-refractivity contribution in [3.8, 4) is 5.75 Å². The van der Waals surface area contributed by atoms with E-state index in [-0.39, 0.29) is 23.4 Å². The molecule has 4 nitrogen and oxygen atoms in total. The average Bonchev–Trinajstić information content (AvgIpc) is 2.73. The molecule has 104 valence electrons. The molecule has 0 bridgehead atoms. The number of likely N-dealkylation sites (tertiary alicyclic amines) is 1. The van der Waals surface area contributed by atoms with Crippen molar-refractivity contribution in [3.63, 3.8) is 0 Å². The maximum Gasteiger partial charge on any atom is 0.308 e. The van der Waals surface area contributed by atoms with E-state index in [0.717, 1.165) is 6.54 Å². The van der Waals surface area contributed by atoms with Crippen molar-refractivity contribution in [3.05, 3.63) is 30.1 Å². The summed E-state index contributed by atoms with van der Waals surface area (Å²) in [7, 11) is 0. The predicted molar refractivity (Wildman–Crippen MR) is 68.6 cm³/mol. The van der Waals surface area contributed by atoms with E-state index >= 15 is 0 Å². The van der Waals surface area contributed by atoms with E-state index < -0.39 is 5.97 Å². The molecule has 5 heteroatoms. The summed E-state index contributed by atoms with van der Waals surface area (Å²) >= 11 is 0. The van der Waals surface area contributed by atoms with Gasteiger partial charge in [0, 0.05) is 19.6 Å². The lowest BCUT2D eigenvalue weighted by atomic mass is 9.99. The molecule has 1 aromatic carbocycles. The molecule has 1 aliphatic heterocycles. The van der Waals surface area contributed by atoms with Crippen molar-refractivity contribution in [1.29, 1.82) is 0 Å². The summed E-state index contributed by atoms with van der Waals surface area (Å²) < 4.78 is 18.7. The third-order valence-corrected chi connectivity index (χ3v) is 3.51. The molecule has 0 unspecified atom stereocenters. The molecule has 1 fully saturated rings. The number of hydrogen-bond acceptors (Lipinski definition) is 3. The van der Waals surface area contributed by atoms with Crippen LogP contribution in [-0.4, -0.2) is 42.2 Å². The number of carboxylic acid groups (broad SMARTS) is 1. The Hall–Kier alpha value is -1.62. The van der Waals surface area contributed by atoms with Gasteiger partial charge in [0.1, 0.15) is 6.61 Å².